The van der Waals surface area contributed by atoms with Gasteiger partial charge in [0, 0.05) is 31.8 Å². The lowest BCUT2D eigenvalue weighted by molar-refractivity contribution is -0.144. The van der Waals surface area contributed by atoms with E-state index in [1.165, 1.54) is 12.8 Å². The molecule has 0 radical (unpaired) electrons. The number of carbonyl (C=O) groups is 2. The van der Waals surface area contributed by atoms with Crippen LogP contribution < -0.4 is 5.32 Å². The lowest BCUT2D eigenvalue weighted by atomic mass is 9.81. The molecule has 24 heavy (non-hydrogen) atoms. The molecule has 1 aromatic heterocycles. The Balaban J connectivity index is 1.49. The summed E-state index contributed by atoms with van der Waals surface area (Å²) in [6, 6.07) is 0. The molecule has 3 rings (SSSR count). The Labute approximate surface area is 141 Å². The van der Waals surface area contributed by atoms with E-state index in [-0.39, 0.29) is 17.7 Å². The number of amides is 1. The number of carbonyl (C=O) groups excluding carboxylic acids is 1. The van der Waals surface area contributed by atoms with Crippen molar-refractivity contribution in [1.29, 1.82) is 0 Å². The molecule has 0 bridgehead atoms. The van der Waals surface area contributed by atoms with Crippen molar-refractivity contribution >= 4 is 11.9 Å². The molecule has 1 aromatic rings. The van der Waals surface area contributed by atoms with Gasteiger partial charge < -0.3 is 15.0 Å². The molecule has 7 heteroatoms. The van der Waals surface area contributed by atoms with Crippen LogP contribution in [-0.4, -0.2) is 38.3 Å². The zero-order valence-electron chi connectivity index (χ0n) is 14.0. The van der Waals surface area contributed by atoms with Gasteiger partial charge in [-0.25, -0.2) is 0 Å². The summed E-state index contributed by atoms with van der Waals surface area (Å²) in [4.78, 5) is 23.4. The van der Waals surface area contributed by atoms with Gasteiger partial charge in [-0.2, -0.15) is 0 Å². The largest absolute Gasteiger partial charge is 0.481 e. The lowest BCUT2D eigenvalue weighted by Crippen LogP contribution is -2.36. The number of rotatable bonds is 5. The highest BCUT2D eigenvalue weighted by molar-refractivity contribution is 5.80. The van der Waals surface area contributed by atoms with Crippen molar-refractivity contribution in [3.05, 3.63) is 11.6 Å². The SMILES string of the molecule is O=C(O)C1CCCC(C(=O)NCCc2nnc3n2CCCCC3)C1. The molecule has 2 unspecified atom stereocenters. The van der Waals surface area contributed by atoms with Crippen molar-refractivity contribution in [2.24, 2.45) is 11.8 Å². The molecule has 0 saturated heterocycles. The molecule has 1 aliphatic heterocycles. The average molecular weight is 334 g/mol. The fourth-order valence-electron chi connectivity index (χ4n) is 3.82. The van der Waals surface area contributed by atoms with Crippen molar-refractivity contribution < 1.29 is 14.7 Å². The quantitative estimate of drug-likeness (QED) is 0.851. The number of aryl methyl sites for hydroxylation is 1. The summed E-state index contributed by atoms with van der Waals surface area (Å²) in [6.45, 7) is 1.50. The van der Waals surface area contributed by atoms with Crippen LogP contribution in [0.3, 0.4) is 0 Å². The molecular weight excluding hydrogens is 308 g/mol. The molecule has 2 aliphatic rings. The number of aliphatic carboxylic acids is 1. The second-order valence-electron chi connectivity index (χ2n) is 6.93. The number of carboxylic acid groups (broad SMARTS) is 1. The third-order valence-corrected chi connectivity index (χ3v) is 5.23. The third kappa shape index (κ3) is 3.94. The third-order valence-electron chi connectivity index (χ3n) is 5.23. The number of nitrogens with zero attached hydrogens (tertiary/aromatic N) is 3. The Hall–Kier alpha value is -1.92. The first-order valence-corrected chi connectivity index (χ1v) is 9.06. The Morgan fingerprint density at radius 2 is 1.96 bits per heavy atom. The van der Waals surface area contributed by atoms with Crippen LogP contribution in [0.4, 0.5) is 0 Å². The van der Waals surface area contributed by atoms with E-state index in [2.05, 4.69) is 20.1 Å². The number of nitrogens with one attached hydrogen (secondary N) is 1. The predicted octanol–water partition coefficient (Wildman–Crippen LogP) is 1.55. The van der Waals surface area contributed by atoms with Crippen LogP contribution in [0.25, 0.3) is 0 Å². The first-order valence-electron chi connectivity index (χ1n) is 9.06. The van der Waals surface area contributed by atoms with Gasteiger partial charge in [-0.3, -0.25) is 9.59 Å². The standard InChI is InChI=1S/C17H26N4O3/c22-16(12-5-4-6-13(11-12)17(23)24)18-9-8-15-20-19-14-7-2-1-3-10-21(14)15/h12-13H,1-11H2,(H,18,22)(H,23,24). The molecule has 2 atom stereocenters. The summed E-state index contributed by atoms with van der Waals surface area (Å²) >= 11 is 0. The van der Waals surface area contributed by atoms with Crippen LogP contribution >= 0.6 is 0 Å². The summed E-state index contributed by atoms with van der Waals surface area (Å²) in [5.41, 5.74) is 0. The first kappa shape index (κ1) is 16.9. The highest BCUT2D eigenvalue weighted by Gasteiger charge is 2.30. The minimum atomic E-state index is -0.779. The fraction of sp³-hybridized carbons (Fsp3) is 0.765. The van der Waals surface area contributed by atoms with E-state index < -0.39 is 5.97 Å². The van der Waals surface area contributed by atoms with Gasteiger partial charge in [-0.05, 0) is 32.1 Å². The molecule has 7 nitrogen and oxygen atoms in total. The molecule has 1 saturated carbocycles. The molecular formula is C17H26N4O3. The fourth-order valence-corrected chi connectivity index (χ4v) is 3.82. The van der Waals surface area contributed by atoms with Crippen molar-refractivity contribution in [2.75, 3.05) is 6.54 Å². The van der Waals surface area contributed by atoms with E-state index in [4.69, 9.17) is 5.11 Å². The highest BCUT2D eigenvalue weighted by atomic mass is 16.4. The number of aromatic nitrogens is 3. The Bertz CT molecular complexity index is 599. The lowest BCUT2D eigenvalue weighted by Gasteiger charge is -2.25. The van der Waals surface area contributed by atoms with Crippen LogP contribution in [0.15, 0.2) is 0 Å². The van der Waals surface area contributed by atoms with E-state index in [0.717, 1.165) is 43.9 Å². The minimum Gasteiger partial charge on any atom is -0.481 e. The van der Waals surface area contributed by atoms with Gasteiger partial charge in [0.2, 0.25) is 5.91 Å². The van der Waals surface area contributed by atoms with E-state index in [9.17, 15) is 9.59 Å². The zero-order valence-corrected chi connectivity index (χ0v) is 14.0. The van der Waals surface area contributed by atoms with Gasteiger partial charge >= 0.3 is 5.97 Å². The molecule has 1 amide bonds. The first-order chi connectivity index (χ1) is 11.6. The molecule has 1 fully saturated rings. The van der Waals surface area contributed by atoms with Crippen LogP contribution in [0.2, 0.25) is 0 Å². The predicted molar refractivity (Wildman–Crippen MR) is 87.4 cm³/mol. The Kier molecular flexibility index (Phi) is 5.48. The maximum atomic E-state index is 12.3. The van der Waals surface area contributed by atoms with Gasteiger partial charge in [0.25, 0.3) is 0 Å². The maximum Gasteiger partial charge on any atom is 0.306 e. The van der Waals surface area contributed by atoms with Gasteiger partial charge in [-0.1, -0.05) is 12.8 Å². The highest BCUT2D eigenvalue weighted by Crippen LogP contribution is 2.29. The van der Waals surface area contributed by atoms with Gasteiger partial charge in [0.15, 0.2) is 0 Å². The topological polar surface area (TPSA) is 97.1 Å². The minimum absolute atomic E-state index is 0.0171. The summed E-state index contributed by atoms with van der Waals surface area (Å²) < 4.78 is 2.19. The zero-order chi connectivity index (χ0) is 16.9. The summed E-state index contributed by atoms with van der Waals surface area (Å²) in [5.74, 6) is 0.664. The summed E-state index contributed by atoms with van der Waals surface area (Å²) in [5, 5.41) is 20.6. The van der Waals surface area contributed by atoms with Gasteiger partial charge in [-0.15, -0.1) is 10.2 Å². The second-order valence-corrected chi connectivity index (χ2v) is 6.93. The molecule has 0 spiro atoms. The molecule has 1 aliphatic carbocycles. The molecule has 132 valence electrons. The molecule has 2 N–H and O–H groups in total. The molecule has 2 heterocycles. The van der Waals surface area contributed by atoms with E-state index in [0.29, 0.717) is 25.8 Å². The number of hydrogen-bond donors (Lipinski definition) is 2. The van der Waals surface area contributed by atoms with Crippen LogP contribution in [-0.2, 0) is 29.0 Å². The smallest absolute Gasteiger partial charge is 0.306 e. The van der Waals surface area contributed by atoms with Crippen LogP contribution in [0.5, 0.6) is 0 Å². The van der Waals surface area contributed by atoms with Crippen LogP contribution in [0.1, 0.15) is 56.6 Å². The summed E-state index contributed by atoms with van der Waals surface area (Å²) in [7, 11) is 0. The average Bonchev–Trinajstić information content (AvgIpc) is 2.81. The van der Waals surface area contributed by atoms with E-state index in [1.54, 1.807) is 0 Å². The van der Waals surface area contributed by atoms with Gasteiger partial charge in [0.1, 0.15) is 11.6 Å². The van der Waals surface area contributed by atoms with Crippen molar-refractivity contribution in [2.45, 2.75) is 64.3 Å². The number of hydrogen-bond acceptors (Lipinski definition) is 4. The van der Waals surface area contributed by atoms with E-state index >= 15 is 0 Å². The van der Waals surface area contributed by atoms with Crippen molar-refractivity contribution in [3.63, 3.8) is 0 Å². The number of fused-ring (bicyclic) bond motifs is 1. The Morgan fingerprint density at radius 3 is 2.79 bits per heavy atom. The Morgan fingerprint density at radius 1 is 1.12 bits per heavy atom. The molecule has 0 aromatic carbocycles. The van der Waals surface area contributed by atoms with Gasteiger partial charge in [0.05, 0.1) is 5.92 Å². The van der Waals surface area contributed by atoms with Crippen LogP contribution in [0, 0.1) is 11.8 Å². The van der Waals surface area contributed by atoms with Crippen molar-refractivity contribution in [3.8, 4) is 0 Å². The monoisotopic (exact) mass is 334 g/mol. The van der Waals surface area contributed by atoms with Crippen molar-refractivity contribution in [1.82, 2.24) is 20.1 Å². The normalized spacial score (nSPS) is 24.0. The maximum absolute atomic E-state index is 12.3. The van der Waals surface area contributed by atoms with E-state index in [1.807, 2.05) is 0 Å². The summed E-state index contributed by atoms with van der Waals surface area (Å²) in [6.07, 6.45) is 7.96. The second kappa shape index (κ2) is 7.77. The number of carboxylic acids is 1.